The van der Waals surface area contributed by atoms with Crippen LogP contribution in [0.5, 0.6) is 0 Å². The molecule has 5 heteroatoms. The summed E-state index contributed by atoms with van der Waals surface area (Å²) >= 11 is 0. The van der Waals surface area contributed by atoms with Crippen LogP contribution in [-0.4, -0.2) is 22.4 Å². The van der Waals surface area contributed by atoms with E-state index in [1.165, 1.54) is 0 Å². The van der Waals surface area contributed by atoms with Crippen molar-refractivity contribution in [1.29, 1.82) is 0 Å². The maximum absolute atomic E-state index is 13.0. The minimum Gasteiger partial charge on any atom is -0.380 e. The van der Waals surface area contributed by atoms with Crippen molar-refractivity contribution in [3.63, 3.8) is 0 Å². The van der Waals surface area contributed by atoms with Gasteiger partial charge in [0.25, 0.3) is 0 Å². The highest BCUT2D eigenvalue weighted by atomic mass is 19.4. The van der Waals surface area contributed by atoms with Crippen molar-refractivity contribution in [2.45, 2.75) is 49.4 Å². The maximum Gasteiger partial charge on any atom is 0.417 e. The average molecular weight is 235 g/mol. The van der Waals surface area contributed by atoms with Gasteiger partial charge in [0.15, 0.2) is 5.60 Å². The van der Waals surface area contributed by atoms with Gasteiger partial charge in [-0.3, -0.25) is 0 Å². The molecule has 4 aliphatic carbocycles. The number of nitrogens with two attached hydrogens (primary N) is 1. The Morgan fingerprint density at radius 2 is 1.56 bits per heavy atom. The highest BCUT2D eigenvalue weighted by Gasteiger charge is 2.70. The van der Waals surface area contributed by atoms with Crippen molar-refractivity contribution in [1.82, 2.24) is 0 Å². The molecule has 2 nitrogen and oxygen atoms in total. The average Bonchev–Trinajstić information content (AvgIpc) is 2.09. The van der Waals surface area contributed by atoms with Crippen molar-refractivity contribution < 1.29 is 18.3 Å². The van der Waals surface area contributed by atoms with Gasteiger partial charge in [0.1, 0.15) is 0 Å². The van der Waals surface area contributed by atoms with Crippen molar-refractivity contribution in [2.75, 3.05) is 0 Å². The summed E-state index contributed by atoms with van der Waals surface area (Å²) in [6.45, 7) is 0. The van der Waals surface area contributed by atoms with Gasteiger partial charge in [-0.2, -0.15) is 13.2 Å². The zero-order valence-electron chi connectivity index (χ0n) is 8.93. The number of aliphatic hydroxyl groups is 1. The third kappa shape index (κ3) is 1.16. The van der Waals surface area contributed by atoms with Crippen LogP contribution in [0.4, 0.5) is 13.2 Å². The van der Waals surface area contributed by atoms with Crippen LogP contribution < -0.4 is 5.73 Å². The first-order chi connectivity index (χ1) is 7.25. The Labute approximate surface area is 92.0 Å². The Morgan fingerprint density at radius 1 is 1.06 bits per heavy atom. The van der Waals surface area contributed by atoms with Crippen LogP contribution in [0.25, 0.3) is 0 Å². The van der Waals surface area contributed by atoms with Crippen molar-refractivity contribution in [2.24, 2.45) is 23.5 Å². The number of rotatable bonds is 0. The monoisotopic (exact) mass is 235 g/mol. The van der Waals surface area contributed by atoms with E-state index in [4.69, 9.17) is 5.73 Å². The van der Waals surface area contributed by atoms with E-state index in [1.54, 1.807) is 0 Å². The second-order valence-corrected chi connectivity index (χ2v) is 6.03. The predicted molar refractivity (Wildman–Crippen MR) is 51.5 cm³/mol. The molecule has 0 aromatic heterocycles. The summed E-state index contributed by atoms with van der Waals surface area (Å²) in [5, 5.41) is 10.1. The molecule has 0 heterocycles. The fourth-order valence-electron chi connectivity index (χ4n) is 4.51. The molecule has 3 N–H and O–H groups in total. The number of hydrogen-bond donors (Lipinski definition) is 2. The van der Waals surface area contributed by atoms with Gasteiger partial charge in [-0.25, -0.2) is 0 Å². The molecule has 16 heavy (non-hydrogen) atoms. The van der Waals surface area contributed by atoms with Gasteiger partial charge in [0, 0.05) is 5.54 Å². The fraction of sp³-hybridized carbons (Fsp3) is 1.00. The molecule has 0 aromatic rings. The van der Waals surface area contributed by atoms with E-state index in [1.807, 2.05) is 0 Å². The van der Waals surface area contributed by atoms with Crippen molar-refractivity contribution in [3.8, 4) is 0 Å². The molecule has 0 spiro atoms. The van der Waals surface area contributed by atoms with Gasteiger partial charge in [-0.05, 0) is 49.9 Å². The van der Waals surface area contributed by atoms with Gasteiger partial charge in [0.05, 0.1) is 0 Å². The lowest BCUT2D eigenvalue weighted by Crippen LogP contribution is -2.70. The number of alkyl halides is 3. The lowest BCUT2D eigenvalue weighted by atomic mass is 9.47. The van der Waals surface area contributed by atoms with E-state index in [0.29, 0.717) is 31.6 Å². The summed E-state index contributed by atoms with van der Waals surface area (Å²) in [5.41, 5.74) is 3.20. The molecule has 2 atom stereocenters. The molecule has 4 rings (SSSR count). The smallest absolute Gasteiger partial charge is 0.380 e. The molecule has 4 aliphatic rings. The molecule has 2 unspecified atom stereocenters. The summed E-state index contributed by atoms with van der Waals surface area (Å²) in [7, 11) is 0. The van der Waals surface area contributed by atoms with Crippen LogP contribution in [-0.2, 0) is 0 Å². The zero-order chi connectivity index (χ0) is 11.8. The van der Waals surface area contributed by atoms with Crippen LogP contribution in [0.1, 0.15) is 32.1 Å². The van der Waals surface area contributed by atoms with Gasteiger partial charge in [-0.15, -0.1) is 0 Å². The number of hydrogen-bond acceptors (Lipinski definition) is 2. The van der Waals surface area contributed by atoms with E-state index in [2.05, 4.69) is 0 Å². The molecule has 0 saturated heterocycles. The van der Waals surface area contributed by atoms with Crippen molar-refractivity contribution >= 4 is 0 Å². The largest absolute Gasteiger partial charge is 0.417 e. The van der Waals surface area contributed by atoms with Gasteiger partial charge < -0.3 is 10.8 Å². The van der Waals surface area contributed by atoms with Gasteiger partial charge in [-0.1, -0.05) is 0 Å². The third-order valence-corrected chi connectivity index (χ3v) is 4.94. The van der Waals surface area contributed by atoms with Crippen LogP contribution in [0.15, 0.2) is 0 Å². The maximum atomic E-state index is 13.0. The van der Waals surface area contributed by atoms with E-state index in [-0.39, 0.29) is 0 Å². The molecule has 4 fully saturated rings. The Balaban J connectivity index is 2.00. The van der Waals surface area contributed by atoms with E-state index in [0.717, 1.165) is 6.42 Å². The molecule has 92 valence electrons. The number of halogens is 3. The topological polar surface area (TPSA) is 46.2 Å². The molecule has 0 aromatic carbocycles. The minimum absolute atomic E-state index is 0.296. The summed E-state index contributed by atoms with van der Waals surface area (Å²) in [6, 6.07) is 0. The molecule has 4 bridgehead atoms. The molecule has 0 amide bonds. The summed E-state index contributed by atoms with van der Waals surface area (Å²) in [6.07, 6.45) is -2.02. The quantitative estimate of drug-likeness (QED) is 0.672. The second kappa shape index (κ2) is 2.75. The van der Waals surface area contributed by atoms with Crippen molar-refractivity contribution in [3.05, 3.63) is 0 Å². The van der Waals surface area contributed by atoms with Crippen LogP contribution in [0.2, 0.25) is 0 Å². The van der Waals surface area contributed by atoms with E-state index >= 15 is 0 Å². The molecule has 4 saturated carbocycles. The first-order valence-electron chi connectivity index (χ1n) is 5.82. The van der Waals surface area contributed by atoms with Gasteiger partial charge >= 0.3 is 6.18 Å². The Hall–Kier alpha value is -0.290. The first kappa shape index (κ1) is 10.8. The minimum atomic E-state index is -4.51. The third-order valence-electron chi connectivity index (χ3n) is 4.94. The standard InChI is InChI=1S/C11H16F3NO/c12-11(13,14)10(16)7-1-6-2-8(10)5-9(15,3-6)4-7/h6-8,16H,1-5,15H2. The summed E-state index contributed by atoms with van der Waals surface area (Å²) in [5.74, 6) is -1.06. The van der Waals surface area contributed by atoms with E-state index in [9.17, 15) is 18.3 Å². The summed E-state index contributed by atoms with van der Waals surface area (Å²) < 4.78 is 39.1. The van der Waals surface area contributed by atoms with Gasteiger partial charge in [0.2, 0.25) is 0 Å². The molecular formula is C11H16F3NO. The molecule has 0 aliphatic heterocycles. The lowest BCUT2D eigenvalue weighted by Gasteiger charge is -2.62. The normalized spacial score (nSPS) is 55.7. The zero-order valence-corrected chi connectivity index (χ0v) is 8.93. The molecular weight excluding hydrogens is 219 g/mol. The Morgan fingerprint density at radius 3 is 1.94 bits per heavy atom. The highest BCUT2D eigenvalue weighted by Crippen LogP contribution is 2.62. The van der Waals surface area contributed by atoms with Crippen LogP contribution in [0, 0.1) is 17.8 Å². The second-order valence-electron chi connectivity index (χ2n) is 6.03. The summed E-state index contributed by atoms with van der Waals surface area (Å²) in [4.78, 5) is 0. The Bertz CT molecular complexity index is 312. The van der Waals surface area contributed by atoms with Crippen LogP contribution >= 0.6 is 0 Å². The van der Waals surface area contributed by atoms with E-state index < -0.39 is 29.2 Å². The lowest BCUT2D eigenvalue weighted by molar-refractivity contribution is -0.333. The molecule has 0 radical (unpaired) electrons. The Kier molecular flexibility index (Phi) is 1.86. The first-order valence-corrected chi connectivity index (χ1v) is 5.82. The predicted octanol–water partition coefficient (Wildman–Crippen LogP) is 1.82. The van der Waals surface area contributed by atoms with Crippen LogP contribution in [0.3, 0.4) is 0 Å². The highest BCUT2D eigenvalue weighted by molar-refractivity contribution is 5.16. The fourth-order valence-corrected chi connectivity index (χ4v) is 4.51. The SMILES string of the molecule is NC12CC3CC(C1)C(O)(C(F)(F)F)C(C3)C2.